The van der Waals surface area contributed by atoms with Crippen LogP contribution in [0.15, 0.2) is 0 Å². The molecular formula is C10H21NO. The first kappa shape index (κ1) is 10.0. The first-order chi connectivity index (χ1) is 5.37. The minimum atomic E-state index is 0.00116. The standard InChI is InChI=1S/C10H21NO/c1-9(2)5-8(11)6-10(3,7-9)12-4/h8H,5-7,11H2,1-4H3. The van der Waals surface area contributed by atoms with Crippen LogP contribution in [0.25, 0.3) is 0 Å². The summed E-state index contributed by atoms with van der Waals surface area (Å²) in [6.07, 6.45) is 3.23. The normalized spacial score (nSPS) is 41.2. The molecule has 1 rings (SSSR count). The lowest BCUT2D eigenvalue weighted by Crippen LogP contribution is -2.47. The Kier molecular flexibility index (Phi) is 2.50. The number of ether oxygens (including phenoxy) is 1. The molecule has 2 N–H and O–H groups in total. The van der Waals surface area contributed by atoms with Gasteiger partial charge in [-0.25, -0.2) is 0 Å². The molecule has 0 heterocycles. The first-order valence-corrected chi connectivity index (χ1v) is 4.68. The van der Waals surface area contributed by atoms with Gasteiger partial charge in [0.05, 0.1) is 5.60 Å². The minimum absolute atomic E-state index is 0.00116. The summed E-state index contributed by atoms with van der Waals surface area (Å²) >= 11 is 0. The van der Waals surface area contributed by atoms with Crippen molar-refractivity contribution in [2.45, 2.75) is 51.7 Å². The van der Waals surface area contributed by atoms with Gasteiger partial charge in [-0.1, -0.05) is 13.8 Å². The molecular weight excluding hydrogens is 150 g/mol. The topological polar surface area (TPSA) is 35.2 Å². The lowest BCUT2D eigenvalue weighted by molar-refractivity contribution is -0.0643. The quantitative estimate of drug-likeness (QED) is 0.654. The van der Waals surface area contributed by atoms with Crippen molar-refractivity contribution in [2.75, 3.05) is 7.11 Å². The average molecular weight is 171 g/mol. The fourth-order valence-corrected chi connectivity index (χ4v) is 2.65. The van der Waals surface area contributed by atoms with Gasteiger partial charge in [-0.2, -0.15) is 0 Å². The summed E-state index contributed by atoms with van der Waals surface area (Å²) in [6.45, 7) is 6.69. The van der Waals surface area contributed by atoms with Crippen LogP contribution >= 0.6 is 0 Å². The van der Waals surface area contributed by atoms with Crippen molar-refractivity contribution < 1.29 is 4.74 Å². The number of methoxy groups -OCH3 is 1. The molecule has 0 saturated heterocycles. The van der Waals surface area contributed by atoms with Crippen LogP contribution in [0.1, 0.15) is 40.0 Å². The second kappa shape index (κ2) is 3.00. The number of rotatable bonds is 1. The molecule has 0 aromatic carbocycles. The third kappa shape index (κ3) is 2.20. The zero-order valence-electron chi connectivity index (χ0n) is 8.68. The molecule has 1 aliphatic rings. The lowest BCUT2D eigenvalue weighted by atomic mass is 9.68. The summed E-state index contributed by atoms with van der Waals surface area (Å²) in [4.78, 5) is 0. The predicted octanol–water partition coefficient (Wildman–Crippen LogP) is 1.93. The van der Waals surface area contributed by atoms with Gasteiger partial charge in [-0.3, -0.25) is 0 Å². The molecule has 0 radical (unpaired) electrons. The summed E-state index contributed by atoms with van der Waals surface area (Å²) < 4.78 is 5.50. The van der Waals surface area contributed by atoms with Gasteiger partial charge >= 0.3 is 0 Å². The summed E-state index contributed by atoms with van der Waals surface area (Å²) in [5.41, 5.74) is 6.32. The SMILES string of the molecule is COC1(C)CC(N)CC(C)(C)C1. The second-order valence-corrected chi connectivity index (χ2v) is 5.16. The Bertz CT molecular complexity index is 167. The number of hydrogen-bond donors (Lipinski definition) is 1. The summed E-state index contributed by atoms with van der Waals surface area (Å²) in [7, 11) is 1.79. The molecule has 2 heteroatoms. The summed E-state index contributed by atoms with van der Waals surface area (Å²) in [5, 5.41) is 0. The number of hydrogen-bond acceptors (Lipinski definition) is 2. The van der Waals surface area contributed by atoms with Crippen LogP contribution < -0.4 is 5.73 Å². The predicted molar refractivity (Wildman–Crippen MR) is 51.0 cm³/mol. The van der Waals surface area contributed by atoms with Gasteiger partial charge in [0.25, 0.3) is 0 Å². The van der Waals surface area contributed by atoms with Crippen LogP contribution in [0.3, 0.4) is 0 Å². The molecule has 0 aromatic heterocycles. The van der Waals surface area contributed by atoms with Crippen LogP contribution in [-0.4, -0.2) is 18.8 Å². The third-order valence-corrected chi connectivity index (χ3v) is 2.85. The molecule has 1 saturated carbocycles. The number of nitrogens with two attached hydrogens (primary N) is 1. The van der Waals surface area contributed by atoms with E-state index in [0.29, 0.717) is 11.5 Å². The summed E-state index contributed by atoms with van der Waals surface area (Å²) in [5.74, 6) is 0. The Morgan fingerprint density at radius 2 is 1.83 bits per heavy atom. The Hall–Kier alpha value is -0.0800. The molecule has 12 heavy (non-hydrogen) atoms. The highest BCUT2D eigenvalue weighted by molar-refractivity contribution is 4.94. The minimum Gasteiger partial charge on any atom is -0.378 e. The van der Waals surface area contributed by atoms with E-state index < -0.39 is 0 Å². The van der Waals surface area contributed by atoms with E-state index in [4.69, 9.17) is 10.5 Å². The van der Waals surface area contributed by atoms with Crippen LogP contribution in [0.5, 0.6) is 0 Å². The van der Waals surface area contributed by atoms with Gasteiger partial charge in [0.1, 0.15) is 0 Å². The van der Waals surface area contributed by atoms with Crippen LogP contribution in [0.4, 0.5) is 0 Å². The van der Waals surface area contributed by atoms with E-state index in [-0.39, 0.29) is 5.60 Å². The van der Waals surface area contributed by atoms with Crippen molar-refractivity contribution in [3.63, 3.8) is 0 Å². The molecule has 0 amide bonds. The monoisotopic (exact) mass is 171 g/mol. The molecule has 2 atom stereocenters. The third-order valence-electron chi connectivity index (χ3n) is 2.85. The maximum atomic E-state index is 5.98. The summed E-state index contributed by atoms with van der Waals surface area (Å²) in [6, 6.07) is 0.304. The maximum Gasteiger partial charge on any atom is 0.0670 e. The largest absolute Gasteiger partial charge is 0.378 e. The molecule has 1 fully saturated rings. The van der Waals surface area contributed by atoms with E-state index in [1.807, 2.05) is 0 Å². The first-order valence-electron chi connectivity index (χ1n) is 4.68. The fraction of sp³-hybridized carbons (Fsp3) is 1.00. The van der Waals surface area contributed by atoms with Crippen LogP contribution in [0, 0.1) is 5.41 Å². The van der Waals surface area contributed by atoms with Gasteiger partial charge in [0, 0.05) is 13.2 Å². The van der Waals surface area contributed by atoms with Crippen LogP contribution in [0.2, 0.25) is 0 Å². The van der Waals surface area contributed by atoms with E-state index >= 15 is 0 Å². The Morgan fingerprint density at radius 1 is 1.25 bits per heavy atom. The highest BCUT2D eigenvalue weighted by Gasteiger charge is 2.39. The Balaban J connectivity index is 2.70. The van der Waals surface area contributed by atoms with E-state index in [2.05, 4.69) is 20.8 Å². The Morgan fingerprint density at radius 3 is 2.25 bits per heavy atom. The van der Waals surface area contributed by atoms with Gasteiger partial charge in [-0.05, 0) is 31.6 Å². The molecule has 1 aliphatic carbocycles. The van der Waals surface area contributed by atoms with Crippen molar-refractivity contribution >= 4 is 0 Å². The van der Waals surface area contributed by atoms with Crippen molar-refractivity contribution in [3.05, 3.63) is 0 Å². The fourth-order valence-electron chi connectivity index (χ4n) is 2.65. The highest BCUT2D eigenvalue weighted by Crippen LogP contribution is 2.41. The molecule has 2 unspecified atom stereocenters. The van der Waals surface area contributed by atoms with E-state index in [0.717, 1.165) is 19.3 Å². The van der Waals surface area contributed by atoms with Crippen molar-refractivity contribution in [3.8, 4) is 0 Å². The van der Waals surface area contributed by atoms with E-state index in [1.54, 1.807) is 7.11 Å². The molecule has 0 aliphatic heterocycles. The zero-order chi connectivity index (χ0) is 9.41. The average Bonchev–Trinajstić information content (AvgIpc) is 1.82. The van der Waals surface area contributed by atoms with Gasteiger partial charge in [0.2, 0.25) is 0 Å². The molecule has 0 bridgehead atoms. The van der Waals surface area contributed by atoms with E-state index in [1.165, 1.54) is 0 Å². The van der Waals surface area contributed by atoms with Crippen molar-refractivity contribution in [1.82, 2.24) is 0 Å². The van der Waals surface area contributed by atoms with Gasteiger partial charge in [0.15, 0.2) is 0 Å². The smallest absolute Gasteiger partial charge is 0.0670 e. The van der Waals surface area contributed by atoms with E-state index in [9.17, 15) is 0 Å². The maximum absolute atomic E-state index is 5.98. The second-order valence-electron chi connectivity index (χ2n) is 5.16. The van der Waals surface area contributed by atoms with Crippen molar-refractivity contribution in [2.24, 2.45) is 11.1 Å². The lowest BCUT2D eigenvalue weighted by Gasteiger charge is -2.44. The highest BCUT2D eigenvalue weighted by atomic mass is 16.5. The van der Waals surface area contributed by atoms with Gasteiger partial charge in [-0.15, -0.1) is 0 Å². The molecule has 0 spiro atoms. The Labute approximate surface area is 75.5 Å². The molecule has 2 nitrogen and oxygen atoms in total. The molecule has 72 valence electrons. The van der Waals surface area contributed by atoms with Crippen LogP contribution in [-0.2, 0) is 4.74 Å². The zero-order valence-corrected chi connectivity index (χ0v) is 8.68. The molecule has 0 aromatic rings. The van der Waals surface area contributed by atoms with Gasteiger partial charge < -0.3 is 10.5 Å². The van der Waals surface area contributed by atoms with Crippen molar-refractivity contribution in [1.29, 1.82) is 0 Å².